The van der Waals surface area contributed by atoms with Gasteiger partial charge in [-0.25, -0.2) is 0 Å². The molecule has 0 unspecified atom stereocenters. The lowest BCUT2D eigenvalue weighted by Gasteiger charge is -2.10. The topological polar surface area (TPSA) is 84.2 Å². The predicted octanol–water partition coefficient (Wildman–Crippen LogP) is 0.500. The average Bonchev–Trinajstić information content (AvgIpc) is 2.99. The Morgan fingerprint density at radius 3 is 2.78 bits per heavy atom. The highest BCUT2D eigenvalue weighted by molar-refractivity contribution is 5.80. The van der Waals surface area contributed by atoms with Gasteiger partial charge < -0.3 is 10.4 Å². The SMILES string of the molecule is O=C(O)[C@H]1CC[C@@H](C(=O)NCCn2cccn2)C1. The highest BCUT2D eigenvalue weighted by Crippen LogP contribution is 2.30. The normalized spacial score (nSPS) is 22.9. The maximum atomic E-state index is 11.8. The van der Waals surface area contributed by atoms with Crippen LogP contribution in [0.25, 0.3) is 0 Å². The lowest BCUT2D eigenvalue weighted by molar-refractivity contribution is -0.141. The second-order valence-electron chi connectivity index (χ2n) is 4.61. The molecular formula is C12H17N3O3. The Hall–Kier alpha value is -1.85. The quantitative estimate of drug-likeness (QED) is 0.798. The first kappa shape index (κ1) is 12.6. The third-order valence-corrected chi connectivity index (χ3v) is 3.35. The first-order valence-electron chi connectivity index (χ1n) is 6.15. The van der Waals surface area contributed by atoms with E-state index in [1.165, 1.54) is 0 Å². The molecule has 1 heterocycles. The molecule has 0 spiro atoms. The minimum Gasteiger partial charge on any atom is -0.481 e. The molecule has 1 aliphatic carbocycles. The van der Waals surface area contributed by atoms with E-state index in [1.807, 2.05) is 12.3 Å². The molecular weight excluding hydrogens is 234 g/mol. The average molecular weight is 251 g/mol. The number of nitrogens with one attached hydrogen (secondary N) is 1. The van der Waals surface area contributed by atoms with Crippen molar-refractivity contribution in [3.63, 3.8) is 0 Å². The molecule has 2 N–H and O–H groups in total. The Morgan fingerprint density at radius 1 is 1.39 bits per heavy atom. The molecule has 98 valence electrons. The molecule has 0 saturated heterocycles. The molecule has 18 heavy (non-hydrogen) atoms. The van der Waals surface area contributed by atoms with Crippen molar-refractivity contribution >= 4 is 11.9 Å². The van der Waals surface area contributed by atoms with Crippen molar-refractivity contribution in [2.24, 2.45) is 11.8 Å². The summed E-state index contributed by atoms with van der Waals surface area (Å²) < 4.78 is 1.75. The summed E-state index contributed by atoms with van der Waals surface area (Å²) in [5.41, 5.74) is 0. The largest absolute Gasteiger partial charge is 0.481 e. The van der Waals surface area contributed by atoms with Gasteiger partial charge in [-0.1, -0.05) is 0 Å². The number of aliphatic carboxylic acids is 1. The van der Waals surface area contributed by atoms with Crippen molar-refractivity contribution in [2.45, 2.75) is 25.8 Å². The van der Waals surface area contributed by atoms with Crippen molar-refractivity contribution in [2.75, 3.05) is 6.54 Å². The second-order valence-corrected chi connectivity index (χ2v) is 4.61. The van der Waals surface area contributed by atoms with Crippen LogP contribution in [0.3, 0.4) is 0 Å². The Balaban J connectivity index is 1.71. The van der Waals surface area contributed by atoms with Crippen LogP contribution in [0.15, 0.2) is 18.5 Å². The van der Waals surface area contributed by atoms with Crippen LogP contribution in [0.2, 0.25) is 0 Å². The van der Waals surface area contributed by atoms with E-state index in [4.69, 9.17) is 5.11 Å². The van der Waals surface area contributed by atoms with Crippen molar-refractivity contribution < 1.29 is 14.7 Å². The van der Waals surface area contributed by atoms with Gasteiger partial charge in [0.2, 0.25) is 5.91 Å². The molecule has 1 aromatic rings. The van der Waals surface area contributed by atoms with Crippen LogP contribution in [0.5, 0.6) is 0 Å². The third-order valence-electron chi connectivity index (χ3n) is 3.35. The number of carbonyl (C=O) groups excluding carboxylic acids is 1. The van der Waals surface area contributed by atoms with E-state index in [-0.39, 0.29) is 17.7 Å². The molecule has 0 aliphatic heterocycles. The zero-order chi connectivity index (χ0) is 13.0. The molecule has 1 aliphatic rings. The molecule has 1 fully saturated rings. The van der Waals surface area contributed by atoms with Crippen LogP contribution in [0, 0.1) is 11.8 Å². The number of hydrogen-bond acceptors (Lipinski definition) is 3. The summed E-state index contributed by atoms with van der Waals surface area (Å²) in [6.07, 6.45) is 5.26. The van der Waals surface area contributed by atoms with E-state index < -0.39 is 5.97 Å². The van der Waals surface area contributed by atoms with Crippen LogP contribution in [0.4, 0.5) is 0 Å². The zero-order valence-electron chi connectivity index (χ0n) is 10.1. The number of carboxylic acid groups (broad SMARTS) is 1. The van der Waals surface area contributed by atoms with E-state index >= 15 is 0 Å². The fraction of sp³-hybridized carbons (Fsp3) is 0.583. The van der Waals surface area contributed by atoms with E-state index in [9.17, 15) is 9.59 Å². The Bertz CT molecular complexity index is 416. The Kier molecular flexibility index (Phi) is 3.96. The maximum Gasteiger partial charge on any atom is 0.306 e. The summed E-state index contributed by atoms with van der Waals surface area (Å²) in [7, 11) is 0. The highest BCUT2D eigenvalue weighted by atomic mass is 16.4. The molecule has 0 bridgehead atoms. The molecule has 6 heteroatoms. The Morgan fingerprint density at radius 2 is 2.17 bits per heavy atom. The fourth-order valence-electron chi connectivity index (χ4n) is 2.31. The molecule has 1 saturated carbocycles. The van der Waals surface area contributed by atoms with Crippen LogP contribution in [-0.4, -0.2) is 33.3 Å². The summed E-state index contributed by atoms with van der Waals surface area (Å²) in [6, 6.07) is 1.83. The summed E-state index contributed by atoms with van der Waals surface area (Å²) in [5, 5.41) is 15.7. The van der Waals surface area contributed by atoms with Gasteiger partial charge in [-0.15, -0.1) is 0 Å². The number of amides is 1. The van der Waals surface area contributed by atoms with Gasteiger partial charge in [0.1, 0.15) is 0 Å². The molecule has 0 radical (unpaired) electrons. The predicted molar refractivity (Wildman–Crippen MR) is 63.7 cm³/mol. The van der Waals surface area contributed by atoms with Crippen LogP contribution in [0.1, 0.15) is 19.3 Å². The number of nitrogens with zero attached hydrogens (tertiary/aromatic N) is 2. The van der Waals surface area contributed by atoms with Gasteiger partial charge in [0.25, 0.3) is 0 Å². The third kappa shape index (κ3) is 3.09. The minimum absolute atomic E-state index is 0.0362. The lowest BCUT2D eigenvalue weighted by Crippen LogP contribution is -2.32. The van der Waals surface area contributed by atoms with Gasteiger partial charge in [-0.3, -0.25) is 14.3 Å². The number of hydrogen-bond donors (Lipinski definition) is 2. The molecule has 2 atom stereocenters. The number of rotatable bonds is 5. The van der Waals surface area contributed by atoms with Gasteiger partial charge in [-0.05, 0) is 25.3 Å². The second kappa shape index (κ2) is 5.66. The van der Waals surface area contributed by atoms with Gasteiger partial charge in [0, 0.05) is 24.9 Å². The number of aromatic nitrogens is 2. The van der Waals surface area contributed by atoms with Crippen molar-refractivity contribution in [1.82, 2.24) is 15.1 Å². The van der Waals surface area contributed by atoms with E-state index in [2.05, 4.69) is 10.4 Å². The standard InChI is InChI=1S/C12H17N3O3/c16-11(9-2-3-10(8-9)12(17)18)13-5-7-15-6-1-4-14-15/h1,4,6,9-10H,2-3,5,7-8H2,(H,13,16)(H,17,18)/t9-,10+/m1/s1. The highest BCUT2D eigenvalue weighted by Gasteiger charge is 2.33. The van der Waals surface area contributed by atoms with E-state index in [0.29, 0.717) is 32.4 Å². The molecule has 2 rings (SSSR count). The molecule has 1 aromatic heterocycles. The zero-order valence-corrected chi connectivity index (χ0v) is 10.1. The molecule has 1 amide bonds. The fourth-order valence-corrected chi connectivity index (χ4v) is 2.31. The summed E-state index contributed by atoms with van der Waals surface area (Å²) in [4.78, 5) is 22.6. The van der Waals surface area contributed by atoms with Gasteiger partial charge in [-0.2, -0.15) is 5.10 Å². The number of carboxylic acids is 1. The molecule has 6 nitrogen and oxygen atoms in total. The summed E-state index contributed by atoms with van der Waals surface area (Å²) >= 11 is 0. The Labute approximate surface area is 105 Å². The van der Waals surface area contributed by atoms with Crippen molar-refractivity contribution in [3.8, 4) is 0 Å². The van der Waals surface area contributed by atoms with Crippen LogP contribution < -0.4 is 5.32 Å². The van der Waals surface area contributed by atoms with E-state index in [0.717, 1.165) is 0 Å². The lowest BCUT2D eigenvalue weighted by atomic mass is 10.0. The first-order chi connectivity index (χ1) is 8.66. The summed E-state index contributed by atoms with van der Waals surface area (Å²) in [5.74, 6) is -1.33. The van der Waals surface area contributed by atoms with Gasteiger partial charge >= 0.3 is 5.97 Å². The van der Waals surface area contributed by atoms with Crippen LogP contribution in [-0.2, 0) is 16.1 Å². The van der Waals surface area contributed by atoms with Crippen molar-refractivity contribution in [1.29, 1.82) is 0 Å². The van der Waals surface area contributed by atoms with Gasteiger partial charge in [0.15, 0.2) is 0 Å². The molecule has 0 aromatic carbocycles. The minimum atomic E-state index is -0.790. The maximum absolute atomic E-state index is 11.8. The van der Waals surface area contributed by atoms with Crippen LogP contribution >= 0.6 is 0 Å². The van der Waals surface area contributed by atoms with Gasteiger partial charge in [0.05, 0.1) is 12.5 Å². The van der Waals surface area contributed by atoms with E-state index in [1.54, 1.807) is 10.9 Å². The number of carbonyl (C=O) groups is 2. The smallest absolute Gasteiger partial charge is 0.306 e. The summed E-state index contributed by atoms with van der Waals surface area (Å²) in [6.45, 7) is 1.16. The monoisotopic (exact) mass is 251 g/mol. The first-order valence-corrected chi connectivity index (χ1v) is 6.15. The van der Waals surface area contributed by atoms with Crippen molar-refractivity contribution in [3.05, 3.63) is 18.5 Å².